The van der Waals surface area contributed by atoms with Crippen molar-refractivity contribution in [2.24, 2.45) is 0 Å². The van der Waals surface area contributed by atoms with E-state index in [0.717, 1.165) is 19.8 Å². The quantitative estimate of drug-likeness (QED) is 0.902. The lowest BCUT2D eigenvalue weighted by Gasteiger charge is -2.28. The third kappa shape index (κ3) is 2.77. The van der Waals surface area contributed by atoms with Crippen LogP contribution in [-0.2, 0) is 16.6 Å². The van der Waals surface area contributed by atoms with E-state index in [1.807, 2.05) is 0 Å². The first-order valence-corrected chi connectivity index (χ1v) is 6.55. The first kappa shape index (κ1) is 14.0. The third-order valence-electron chi connectivity index (χ3n) is 3.90. The summed E-state index contributed by atoms with van der Waals surface area (Å²) in [5.41, 5.74) is 0.0581. The van der Waals surface area contributed by atoms with Crippen molar-refractivity contribution < 1.29 is 18.7 Å². The predicted molar refractivity (Wildman–Crippen MR) is 68.5 cm³/mol. The number of carboxylic acids is 1. The van der Waals surface area contributed by atoms with Crippen molar-refractivity contribution in [2.75, 3.05) is 0 Å². The van der Waals surface area contributed by atoms with Gasteiger partial charge in [-0.25, -0.2) is 8.78 Å². The molecule has 1 aliphatic carbocycles. The van der Waals surface area contributed by atoms with Crippen molar-refractivity contribution in [2.45, 2.75) is 50.4 Å². The molecule has 4 heteroatoms. The molecule has 0 bridgehead atoms. The van der Waals surface area contributed by atoms with Gasteiger partial charge in [0.15, 0.2) is 0 Å². The Kier molecular flexibility index (Phi) is 3.61. The van der Waals surface area contributed by atoms with Crippen LogP contribution in [0.15, 0.2) is 24.3 Å². The minimum atomic E-state index is -2.82. The maximum Gasteiger partial charge on any atom is 0.314 e. The van der Waals surface area contributed by atoms with E-state index in [1.54, 1.807) is 24.3 Å². The Hall–Kier alpha value is -1.45. The van der Waals surface area contributed by atoms with E-state index in [0.29, 0.717) is 24.0 Å². The van der Waals surface area contributed by atoms with E-state index in [-0.39, 0.29) is 0 Å². The fourth-order valence-electron chi connectivity index (χ4n) is 3.05. The number of carbonyl (C=O) groups is 1. The molecule has 1 aliphatic rings. The molecule has 1 fully saturated rings. The molecule has 0 aromatic heterocycles. The first-order valence-electron chi connectivity index (χ1n) is 6.55. The van der Waals surface area contributed by atoms with Gasteiger partial charge in [-0.3, -0.25) is 4.79 Å². The summed E-state index contributed by atoms with van der Waals surface area (Å²) < 4.78 is 26.5. The van der Waals surface area contributed by atoms with E-state index < -0.39 is 23.7 Å². The van der Waals surface area contributed by atoms with Gasteiger partial charge in [-0.2, -0.15) is 0 Å². The van der Waals surface area contributed by atoms with Crippen molar-refractivity contribution in [3.63, 3.8) is 0 Å². The number of rotatable bonds is 4. The van der Waals surface area contributed by atoms with Crippen molar-refractivity contribution >= 4 is 5.97 Å². The van der Waals surface area contributed by atoms with Crippen molar-refractivity contribution in [3.8, 4) is 0 Å². The molecule has 19 heavy (non-hydrogen) atoms. The summed E-state index contributed by atoms with van der Waals surface area (Å²) in [5.74, 6) is -3.72. The van der Waals surface area contributed by atoms with E-state index in [2.05, 4.69) is 0 Å². The second-order valence-corrected chi connectivity index (χ2v) is 5.50. The van der Waals surface area contributed by atoms with Crippen LogP contribution in [0, 0.1) is 0 Å². The highest BCUT2D eigenvalue weighted by atomic mass is 19.3. The fourth-order valence-corrected chi connectivity index (χ4v) is 3.05. The Labute approximate surface area is 111 Å². The maximum atomic E-state index is 13.3. The Morgan fingerprint density at radius 3 is 2.42 bits per heavy atom. The Balaban J connectivity index is 2.46. The molecule has 0 spiro atoms. The summed E-state index contributed by atoms with van der Waals surface area (Å²) >= 11 is 0. The lowest BCUT2D eigenvalue weighted by atomic mass is 9.76. The topological polar surface area (TPSA) is 37.3 Å². The standard InChI is InChI=1S/C15H18F2O2/c1-14(16,17)10-11-6-2-3-7-12(11)15(13(18)19)8-4-5-9-15/h2-3,6-7H,4-5,8-10H2,1H3,(H,18,19). The van der Waals surface area contributed by atoms with Gasteiger partial charge in [-0.1, -0.05) is 37.1 Å². The number of carboxylic acid groups (broad SMARTS) is 1. The number of aliphatic carboxylic acids is 1. The van der Waals surface area contributed by atoms with Gasteiger partial charge < -0.3 is 5.11 Å². The van der Waals surface area contributed by atoms with Gasteiger partial charge in [0.2, 0.25) is 5.92 Å². The minimum Gasteiger partial charge on any atom is -0.481 e. The molecule has 2 nitrogen and oxygen atoms in total. The van der Waals surface area contributed by atoms with Crippen LogP contribution < -0.4 is 0 Å². The van der Waals surface area contributed by atoms with Gasteiger partial charge in [0.25, 0.3) is 0 Å². The first-order chi connectivity index (χ1) is 8.85. The average Bonchev–Trinajstić information content (AvgIpc) is 2.77. The summed E-state index contributed by atoms with van der Waals surface area (Å²) in [5, 5.41) is 9.55. The lowest BCUT2D eigenvalue weighted by Crippen LogP contribution is -2.34. The SMILES string of the molecule is CC(F)(F)Cc1ccccc1C1(C(=O)O)CCCC1. The van der Waals surface area contributed by atoms with Crippen LogP contribution in [0.25, 0.3) is 0 Å². The van der Waals surface area contributed by atoms with E-state index in [9.17, 15) is 18.7 Å². The number of benzene rings is 1. The number of hydrogen-bond donors (Lipinski definition) is 1. The van der Waals surface area contributed by atoms with Crippen molar-refractivity contribution in [1.82, 2.24) is 0 Å². The van der Waals surface area contributed by atoms with E-state index >= 15 is 0 Å². The molecule has 104 valence electrons. The van der Waals surface area contributed by atoms with Crippen LogP contribution in [-0.4, -0.2) is 17.0 Å². The Morgan fingerprint density at radius 2 is 1.89 bits per heavy atom. The second-order valence-electron chi connectivity index (χ2n) is 5.50. The highest BCUT2D eigenvalue weighted by molar-refractivity contribution is 5.82. The van der Waals surface area contributed by atoms with Crippen molar-refractivity contribution in [3.05, 3.63) is 35.4 Å². The summed E-state index contributed by atoms with van der Waals surface area (Å²) in [6, 6.07) is 6.74. The molecule has 1 saturated carbocycles. The zero-order valence-corrected chi connectivity index (χ0v) is 11.0. The summed E-state index contributed by atoms with van der Waals surface area (Å²) in [6.45, 7) is 0.867. The summed E-state index contributed by atoms with van der Waals surface area (Å²) in [4.78, 5) is 11.7. The molecule has 0 atom stereocenters. The van der Waals surface area contributed by atoms with Crippen LogP contribution in [0.3, 0.4) is 0 Å². The van der Waals surface area contributed by atoms with E-state index in [4.69, 9.17) is 0 Å². The van der Waals surface area contributed by atoms with Crippen LogP contribution >= 0.6 is 0 Å². The largest absolute Gasteiger partial charge is 0.481 e. The van der Waals surface area contributed by atoms with Gasteiger partial charge in [-0.05, 0) is 30.9 Å². The smallest absolute Gasteiger partial charge is 0.314 e. The summed E-state index contributed by atoms with van der Waals surface area (Å²) in [6.07, 6.45) is 2.34. The molecular formula is C15H18F2O2. The lowest BCUT2D eigenvalue weighted by molar-refractivity contribution is -0.143. The molecule has 0 unspecified atom stereocenters. The molecule has 1 aromatic rings. The second kappa shape index (κ2) is 4.91. The molecule has 1 aromatic carbocycles. The number of alkyl halides is 2. The third-order valence-corrected chi connectivity index (χ3v) is 3.90. The molecule has 2 rings (SSSR count). The number of halogens is 2. The van der Waals surface area contributed by atoms with Crippen molar-refractivity contribution in [1.29, 1.82) is 0 Å². The van der Waals surface area contributed by atoms with Crippen LogP contribution in [0.2, 0.25) is 0 Å². The molecule has 0 saturated heterocycles. The van der Waals surface area contributed by atoms with Crippen LogP contribution in [0.5, 0.6) is 0 Å². The summed E-state index contributed by atoms with van der Waals surface area (Å²) in [7, 11) is 0. The molecule has 0 amide bonds. The van der Waals surface area contributed by atoms with E-state index in [1.165, 1.54) is 0 Å². The van der Waals surface area contributed by atoms with Gasteiger partial charge >= 0.3 is 5.97 Å². The highest BCUT2D eigenvalue weighted by Gasteiger charge is 2.44. The fraction of sp³-hybridized carbons (Fsp3) is 0.533. The zero-order chi connectivity index (χ0) is 14.1. The number of hydrogen-bond acceptors (Lipinski definition) is 1. The van der Waals surface area contributed by atoms with Gasteiger partial charge in [0.1, 0.15) is 0 Å². The minimum absolute atomic E-state index is 0.405. The Bertz CT molecular complexity index is 471. The molecule has 0 aliphatic heterocycles. The maximum absolute atomic E-state index is 13.3. The normalized spacial score (nSPS) is 18.5. The molecular weight excluding hydrogens is 250 g/mol. The zero-order valence-electron chi connectivity index (χ0n) is 11.0. The van der Waals surface area contributed by atoms with Gasteiger partial charge in [0, 0.05) is 6.42 Å². The average molecular weight is 268 g/mol. The predicted octanol–water partition coefficient (Wildman–Crippen LogP) is 3.78. The molecule has 1 N–H and O–H groups in total. The molecule has 0 heterocycles. The van der Waals surface area contributed by atoms with Crippen LogP contribution in [0.1, 0.15) is 43.7 Å². The van der Waals surface area contributed by atoms with Gasteiger partial charge in [-0.15, -0.1) is 0 Å². The van der Waals surface area contributed by atoms with Crippen LogP contribution in [0.4, 0.5) is 8.78 Å². The Morgan fingerprint density at radius 1 is 1.32 bits per heavy atom. The monoisotopic (exact) mass is 268 g/mol. The highest BCUT2D eigenvalue weighted by Crippen LogP contribution is 2.43. The molecule has 0 radical (unpaired) electrons. The van der Waals surface area contributed by atoms with Gasteiger partial charge in [0.05, 0.1) is 5.41 Å².